The number of rotatable bonds is 4. The van der Waals surface area contributed by atoms with Crippen LogP contribution < -0.4 is 5.32 Å². The molecule has 3 rings (SSSR count). The highest BCUT2D eigenvalue weighted by molar-refractivity contribution is 7.98. The first-order valence-electron chi connectivity index (χ1n) is 8.15. The number of benzene rings is 1. The fourth-order valence-corrected chi connectivity index (χ4v) is 4.76. The zero-order chi connectivity index (χ0) is 20.0. The van der Waals surface area contributed by atoms with E-state index >= 15 is 0 Å². The Bertz CT molecular complexity index is 995. The molecule has 1 aliphatic heterocycles. The lowest BCUT2D eigenvalue weighted by atomic mass is 10.1. The predicted octanol–water partition coefficient (Wildman–Crippen LogP) is 3.63. The van der Waals surface area contributed by atoms with Gasteiger partial charge in [-0.25, -0.2) is 13.1 Å². The minimum atomic E-state index is -4.90. The van der Waals surface area contributed by atoms with Crippen molar-refractivity contribution in [1.82, 2.24) is 9.78 Å². The maximum Gasteiger partial charge on any atom is 0.341 e. The maximum absolute atomic E-state index is 13.0. The molecule has 0 atom stereocenters. The lowest BCUT2D eigenvalue weighted by Gasteiger charge is -2.23. The summed E-state index contributed by atoms with van der Waals surface area (Å²) >= 11 is 1.66. The third-order valence-corrected chi connectivity index (χ3v) is 6.50. The Balaban J connectivity index is 2.04. The second-order valence-electron chi connectivity index (χ2n) is 7.11. The van der Waals surface area contributed by atoms with Crippen LogP contribution in [-0.2, 0) is 26.9 Å². The van der Waals surface area contributed by atoms with Crippen LogP contribution in [0.5, 0.6) is 0 Å². The van der Waals surface area contributed by atoms with E-state index in [-0.39, 0.29) is 5.56 Å². The van der Waals surface area contributed by atoms with Crippen molar-refractivity contribution < 1.29 is 22.0 Å². The molecule has 0 aliphatic carbocycles. The second kappa shape index (κ2) is 6.90. The number of halogens is 2. The molecule has 0 saturated carbocycles. The number of carbonyl (C=O) groups is 1. The van der Waals surface area contributed by atoms with Crippen molar-refractivity contribution in [3.8, 4) is 0 Å². The number of hydrogen-bond acceptors (Lipinski definition) is 5. The van der Waals surface area contributed by atoms with Gasteiger partial charge in [0.1, 0.15) is 5.82 Å². The molecule has 2 aromatic rings. The van der Waals surface area contributed by atoms with Gasteiger partial charge in [-0.15, -0.1) is 0 Å². The summed E-state index contributed by atoms with van der Waals surface area (Å²) < 4.78 is 51.5. The first kappa shape index (κ1) is 19.8. The average Bonchev–Trinajstić information content (AvgIpc) is 3.17. The van der Waals surface area contributed by atoms with E-state index in [0.717, 1.165) is 23.1 Å². The molecule has 1 amide bonds. The van der Waals surface area contributed by atoms with Gasteiger partial charge in [-0.2, -0.15) is 25.6 Å². The molecule has 0 unspecified atom stereocenters. The molecule has 27 heavy (non-hydrogen) atoms. The standard InChI is InChI=1S/C17H19F2N3O3S2/c1-17(2,3)22-14(11-8-26-9-12(11)21-22)20-15(23)10-6-4-5-7-13(10)27(24,25)16(18)19/h4-7,16H,8-9H2,1-3H3,(H,20,23). The number of amides is 1. The summed E-state index contributed by atoms with van der Waals surface area (Å²) in [6.07, 6.45) is 0. The Morgan fingerprint density at radius 3 is 2.56 bits per heavy atom. The van der Waals surface area contributed by atoms with Crippen LogP contribution in [0.2, 0.25) is 0 Å². The minimum absolute atomic E-state index is 0.321. The van der Waals surface area contributed by atoms with Crippen LogP contribution in [0.1, 0.15) is 42.4 Å². The number of nitrogens with zero attached hydrogens (tertiary/aromatic N) is 2. The Kier molecular flexibility index (Phi) is 5.06. The Morgan fingerprint density at radius 1 is 1.26 bits per heavy atom. The van der Waals surface area contributed by atoms with Crippen molar-refractivity contribution in [1.29, 1.82) is 0 Å². The summed E-state index contributed by atoms with van der Waals surface area (Å²) in [5.74, 6) is -2.51. The van der Waals surface area contributed by atoms with Crippen LogP contribution in [0.3, 0.4) is 0 Å². The topological polar surface area (TPSA) is 81.1 Å². The number of sulfone groups is 1. The van der Waals surface area contributed by atoms with E-state index in [9.17, 15) is 22.0 Å². The maximum atomic E-state index is 13.0. The van der Waals surface area contributed by atoms with Gasteiger partial charge in [0.2, 0.25) is 9.84 Å². The predicted molar refractivity (Wildman–Crippen MR) is 99.8 cm³/mol. The zero-order valence-corrected chi connectivity index (χ0v) is 16.6. The minimum Gasteiger partial charge on any atom is -0.306 e. The number of carbonyl (C=O) groups excluding carboxylic acids is 1. The van der Waals surface area contributed by atoms with E-state index in [0.29, 0.717) is 11.6 Å². The van der Waals surface area contributed by atoms with Crippen molar-refractivity contribution in [2.24, 2.45) is 0 Å². The van der Waals surface area contributed by atoms with Crippen LogP contribution in [0.4, 0.5) is 14.6 Å². The number of hydrogen-bond donors (Lipinski definition) is 1. The normalized spacial score (nSPS) is 14.4. The summed E-state index contributed by atoms with van der Waals surface area (Å²) in [5, 5.41) is 7.25. The SMILES string of the molecule is CC(C)(C)n1nc2c(c1NC(=O)c1ccccc1S(=O)(=O)C(F)F)CSC2. The largest absolute Gasteiger partial charge is 0.341 e. The van der Waals surface area contributed by atoms with Gasteiger partial charge in [-0.1, -0.05) is 12.1 Å². The average molecular weight is 415 g/mol. The lowest BCUT2D eigenvalue weighted by molar-refractivity contribution is 0.102. The van der Waals surface area contributed by atoms with Crippen LogP contribution >= 0.6 is 11.8 Å². The van der Waals surface area contributed by atoms with E-state index in [2.05, 4.69) is 10.4 Å². The third kappa shape index (κ3) is 3.60. The van der Waals surface area contributed by atoms with Gasteiger partial charge in [-0.3, -0.25) is 4.79 Å². The van der Waals surface area contributed by atoms with E-state index in [1.807, 2.05) is 20.8 Å². The number of alkyl halides is 2. The fourth-order valence-electron chi connectivity index (χ4n) is 2.80. The molecular formula is C17H19F2N3O3S2. The highest BCUT2D eigenvalue weighted by atomic mass is 32.2. The number of thioether (sulfide) groups is 1. The molecule has 146 valence electrons. The highest BCUT2D eigenvalue weighted by Crippen LogP contribution is 2.37. The highest BCUT2D eigenvalue weighted by Gasteiger charge is 2.33. The Labute approximate surface area is 160 Å². The summed E-state index contributed by atoms with van der Waals surface area (Å²) in [6, 6.07) is 4.97. The first-order valence-corrected chi connectivity index (χ1v) is 10.8. The van der Waals surface area contributed by atoms with Crippen LogP contribution in [-0.4, -0.2) is 29.9 Å². The van der Waals surface area contributed by atoms with E-state index < -0.39 is 31.9 Å². The first-order chi connectivity index (χ1) is 12.5. The molecule has 1 aromatic heterocycles. The van der Waals surface area contributed by atoms with Crippen molar-refractivity contribution in [3.05, 3.63) is 41.1 Å². The van der Waals surface area contributed by atoms with E-state index in [4.69, 9.17) is 0 Å². The number of anilines is 1. The zero-order valence-electron chi connectivity index (χ0n) is 15.0. The molecule has 6 nitrogen and oxygen atoms in total. The monoisotopic (exact) mass is 415 g/mol. The molecule has 10 heteroatoms. The third-order valence-electron chi connectivity index (χ3n) is 4.09. The van der Waals surface area contributed by atoms with Gasteiger partial charge in [-0.05, 0) is 32.9 Å². The molecular weight excluding hydrogens is 396 g/mol. The van der Waals surface area contributed by atoms with Gasteiger partial charge in [0, 0.05) is 17.1 Å². The van der Waals surface area contributed by atoms with Crippen molar-refractivity contribution in [2.45, 2.75) is 48.5 Å². The number of fused-ring (bicyclic) bond motifs is 1. The van der Waals surface area contributed by atoms with Crippen LogP contribution in [0.15, 0.2) is 29.2 Å². The summed E-state index contributed by atoms with van der Waals surface area (Å²) in [7, 11) is -4.90. The van der Waals surface area contributed by atoms with Gasteiger partial charge < -0.3 is 5.32 Å². The van der Waals surface area contributed by atoms with E-state index in [1.54, 1.807) is 16.4 Å². The molecule has 0 radical (unpaired) electrons. The Morgan fingerprint density at radius 2 is 1.93 bits per heavy atom. The molecule has 0 fully saturated rings. The van der Waals surface area contributed by atoms with Crippen molar-refractivity contribution in [2.75, 3.05) is 5.32 Å². The smallest absolute Gasteiger partial charge is 0.306 e. The Hall–Kier alpha value is -1.94. The van der Waals surface area contributed by atoms with Crippen LogP contribution in [0, 0.1) is 0 Å². The number of nitrogens with one attached hydrogen (secondary N) is 1. The van der Waals surface area contributed by atoms with E-state index in [1.165, 1.54) is 18.2 Å². The quantitative estimate of drug-likeness (QED) is 0.825. The van der Waals surface area contributed by atoms with Crippen LogP contribution in [0.25, 0.3) is 0 Å². The summed E-state index contributed by atoms with van der Waals surface area (Å²) in [4.78, 5) is 12.1. The molecule has 0 saturated heterocycles. The molecule has 1 N–H and O–H groups in total. The second-order valence-corrected chi connectivity index (χ2v) is 9.98. The number of aromatic nitrogens is 2. The van der Waals surface area contributed by atoms with Crippen molar-refractivity contribution in [3.63, 3.8) is 0 Å². The molecule has 0 bridgehead atoms. The lowest BCUT2D eigenvalue weighted by Crippen LogP contribution is -2.28. The van der Waals surface area contributed by atoms with Crippen molar-refractivity contribution >= 4 is 33.3 Å². The summed E-state index contributed by atoms with van der Waals surface area (Å²) in [6.45, 7) is 5.77. The summed E-state index contributed by atoms with van der Waals surface area (Å²) in [5.41, 5.74) is 0.988. The molecule has 1 aromatic carbocycles. The molecule has 1 aliphatic rings. The van der Waals surface area contributed by atoms with Gasteiger partial charge in [0.25, 0.3) is 5.91 Å². The van der Waals surface area contributed by atoms with Gasteiger partial charge >= 0.3 is 5.76 Å². The molecule has 0 spiro atoms. The van der Waals surface area contributed by atoms with Gasteiger partial charge in [0.15, 0.2) is 0 Å². The molecule has 2 heterocycles. The van der Waals surface area contributed by atoms with Gasteiger partial charge in [0.05, 0.1) is 21.7 Å². The fraction of sp³-hybridized carbons (Fsp3) is 0.412.